The van der Waals surface area contributed by atoms with Crippen molar-refractivity contribution in [1.29, 1.82) is 0 Å². The van der Waals surface area contributed by atoms with Crippen LogP contribution in [0.2, 0.25) is 0 Å². The number of aryl methyl sites for hydroxylation is 2. The van der Waals surface area contributed by atoms with Crippen LogP contribution in [0.4, 0.5) is 0 Å². The first-order valence-electron chi connectivity index (χ1n) is 6.60. The number of hydrogen-bond acceptors (Lipinski definition) is 2. The van der Waals surface area contributed by atoms with Crippen LogP contribution in [0.1, 0.15) is 42.5 Å². The SMILES string of the molecule is CSCC(=O)NC(C)c1ccc2c(c1)CCCC2. The molecule has 1 N–H and O–H groups in total. The van der Waals surface area contributed by atoms with E-state index in [9.17, 15) is 4.79 Å². The number of hydrogen-bond donors (Lipinski definition) is 1. The van der Waals surface area contributed by atoms with Gasteiger partial charge in [0, 0.05) is 0 Å². The van der Waals surface area contributed by atoms with Crippen LogP contribution in [-0.4, -0.2) is 17.9 Å². The molecule has 0 radical (unpaired) electrons. The number of fused-ring (bicyclic) bond motifs is 1. The fraction of sp³-hybridized carbons (Fsp3) is 0.533. The molecule has 0 fully saturated rings. The van der Waals surface area contributed by atoms with Crippen molar-refractivity contribution in [2.24, 2.45) is 0 Å². The highest BCUT2D eigenvalue weighted by atomic mass is 32.2. The number of rotatable bonds is 4. The summed E-state index contributed by atoms with van der Waals surface area (Å²) in [5.74, 6) is 0.655. The lowest BCUT2D eigenvalue weighted by Crippen LogP contribution is -2.28. The van der Waals surface area contributed by atoms with Crippen LogP contribution in [0.25, 0.3) is 0 Å². The first kappa shape index (κ1) is 13.5. The Kier molecular flexibility index (Phi) is 4.70. The summed E-state index contributed by atoms with van der Waals surface area (Å²) in [7, 11) is 0. The normalized spacial score (nSPS) is 15.9. The van der Waals surface area contributed by atoms with Gasteiger partial charge in [-0.15, -0.1) is 0 Å². The summed E-state index contributed by atoms with van der Waals surface area (Å²) >= 11 is 1.56. The summed E-state index contributed by atoms with van der Waals surface area (Å²) in [4.78, 5) is 11.6. The highest BCUT2D eigenvalue weighted by molar-refractivity contribution is 7.99. The lowest BCUT2D eigenvalue weighted by Gasteiger charge is -2.20. The van der Waals surface area contributed by atoms with Gasteiger partial charge in [-0.2, -0.15) is 11.8 Å². The van der Waals surface area contributed by atoms with Crippen molar-refractivity contribution in [3.8, 4) is 0 Å². The fourth-order valence-electron chi connectivity index (χ4n) is 2.52. The maximum absolute atomic E-state index is 11.6. The van der Waals surface area contributed by atoms with Gasteiger partial charge in [0.2, 0.25) is 5.91 Å². The minimum atomic E-state index is 0.108. The van der Waals surface area contributed by atoms with Crippen molar-refractivity contribution >= 4 is 17.7 Å². The molecule has 1 atom stereocenters. The third kappa shape index (κ3) is 3.29. The molecule has 2 rings (SSSR count). The Morgan fingerprint density at radius 1 is 1.33 bits per heavy atom. The largest absolute Gasteiger partial charge is 0.349 e. The summed E-state index contributed by atoms with van der Waals surface area (Å²) in [5.41, 5.74) is 4.20. The Morgan fingerprint density at radius 3 is 2.78 bits per heavy atom. The first-order chi connectivity index (χ1) is 8.70. The van der Waals surface area contributed by atoms with E-state index < -0.39 is 0 Å². The Bertz CT molecular complexity index is 431. The topological polar surface area (TPSA) is 29.1 Å². The average Bonchev–Trinajstić information content (AvgIpc) is 2.38. The van der Waals surface area contributed by atoms with Crippen LogP contribution < -0.4 is 5.32 Å². The minimum Gasteiger partial charge on any atom is -0.349 e. The molecule has 0 saturated carbocycles. The molecule has 2 nitrogen and oxygen atoms in total. The highest BCUT2D eigenvalue weighted by Gasteiger charge is 2.13. The molecule has 18 heavy (non-hydrogen) atoms. The first-order valence-corrected chi connectivity index (χ1v) is 8.00. The van der Waals surface area contributed by atoms with E-state index in [-0.39, 0.29) is 11.9 Å². The van der Waals surface area contributed by atoms with Gasteiger partial charge in [0.1, 0.15) is 0 Å². The van der Waals surface area contributed by atoms with Gasteiger partial charge in [-0.05, 0) is 55.6 Å². The van der Waals surface area contributed by atoms with Crippen LogP contribution in [0.5, 0.6) is 0 Å². The molecule has 1 aromatic rings. The van der Waals surface area contributed by atoms with Crippen molar-refractivity contribution in [3.63, 3.8) is 0 Å². The molecule has 1 aliphatic carbocycles. The van der Waals surface area contributed by atoms with Gasteiger partial charge in [0.15, 0.2) is 0 Å². The second-order valence-electron chi connectivity index (χ2n) is 4.96. The predicted octanol–water partition coefficient (Wildman–Crippen LogP) is 3.11. The number of carbonyl (C=O) groups excluding carboxylic acids is 1. The van der Waals surface area contributed by atoms with Crippen molar-refractivity contribution in [3.05, 3.63) is 34.9 Å². The number of benzene rings is 1. The zero-order valence-electron chi connectivity index (χ0n) is 11.2. The molecule has 0 spiro atoms. The molecular formula is C15H21NOS. The molecule has 98 valence electrons. The smallest absolute Gasteiger partial charge is 0.230 e. The van der Waals surface area contributed by atoms with Crippen LogP contribution in [0.15, 0.2) is 18.2 Å². The maximum atomic E-state index is 11.6. The van der Waals surface area contributed by atoms with Crippen LogP contribution in [0.3, 0.4) is 0 Å². The summed E-state index contributed by atoms with van der Waals surface area (Å²) in [5, 5.41) is 3.04. The maximum Gasteiger partial charge on any atom is 0.230 e. The molecule has 0 aromatic heterocycles. The van der Waals surface area contributed by atoms with Crippen LogP contribution in [0, 0.1) is 0 Å². The molecule has 1 aromatic carbocycles. The molecule has 1 amide bonds. The van der Waals surface area contributed by atoms with Gasteiger partial charge in [0.05, 0.1) is 11.8 Å². The third-order valence-corrected chi connectivity index (χ3v) is 4.08. The van der Waals surface area contributed by atoms with Crippen molar-refractivity contribution in [2.45, 2.75) is 38.6 Å². The van der Waals surface area contributed by atoms with Gasteiger partial charge < -0.3 is 5.32 Å². The molecule has 1 aliphatic rings. The third-order valence-electron chi connectivity index (χ3n) is 3.53. The summed E-state index contributed by atoms with van der Waals surface area (Å²) in [6, 6.07) is 6.78. The van der Waals surface area contributed by atoms with Gasteiger partial charge in [-0.25, -0.2) is 0 Å². The van der Waals surface area contributed by atoms with E-state index in [1.807, 2.05) is 6.26 Å². The minimum absolute atomic E-state index is 0.108. The standard InChI is InChI=1S/C15H21NOS/c1-11(16-15(17)10-18-2)13-8-7-12-5-3-4-6-14(12)9-13/h7-9,11H,3-6,10H2,1-2H3,(H,16,17). The molecule has 1 unspecified atom stereocenters. The fourth-order valence-corrected chi connectivity index (χ4v) is 2.87. The Labute approximate surface area is 114 Å². The van der Waals surface area contributed by atoms with E-state index >= 15 is 0 Å². The Balaban J connectivity index is 2.06. The van der Waals surface area contributed by atoms with Crippen molar-refractivity contribution in [2.75, 3.05) is 12.0 Å². The molecular weight excluding hydrogens is 242 g/mol. The number of amides is 1. The van der Waals surface area contributed by atoms with Crippen molar-refractivity contribution in [1.82, 2.24) is 5.32 Å². The lowest BCUT2D eigenvalue weighted by molar-refractivity contribution is -0.119. The van der Waals surface area contributed by atoms with E-state index in [1.165, 1.54) is 42.4 Å². The van der Waals surface area contributed by atoms with E-state index in [0.29, 0.717) is 5.75 Å². The van der Waals surface area contributed by atoms with E-state index in [2.05, 4.69) is 30.4 Å². The zero-order valence-corrected chi connectivity index (χ0v) is 12.0. The molecule has 0 bridgehead atoms. The average molecular weight is 263 g/mol. The lowest BCUT2D eigenvalue weighted by atomic mass is 9.89. The van der Waals surface area contributed by atoms with Crippen molar-refractivity contribution < 1.29 is 4.79 Å². The summed E-state index contributed by atoms with van der Waals surface area (Å²) in [6.07, 6.45) is 6.96. The second-order valence-corrected chi connectivity index (χ2v) is 5.82. The van der Waals surface area contributed by atoms with Gasteiger partial charge in [-0.3, -0.25) is 4.79 Å². The molecule has 0 heterocycles. The quantitative estimate of drug-likeness (QED) is 0.904. The van der Waals surface area contributed by atoms with E-state index in [0.717, 1.165) is 0 Å². The Morgan fingerprint density at radius 2 is 2.06 bits per heavy atom. The summed E-state index contributed by atoms with van der Waals surface area (Å²) in [6.45, 7) is 2.06. The van der Waals surface area contributed by atoms with E-state index in [1.54, 1.807) is 11.8 Å². The predicted molar refractivity (Wildman–Crippen MR) is 78.0 cm³/mol. The summed E-state index contributed by atoms with van der Waals surface area (Å²) < 4.78 is 0. The second kappa shape index (κ2) is 6.28. The monoisotopic (exact) mass is 263 g/mol. The number of thioether (sulfide) groups is 1. The number of carbonyl (C=O) groups is 1. The molecule has 0 saturated heterocycles. The van der Waals surface area contributed by atoms with Crippen LogP contribution in [-0.2, 0) is 17.6 Å². The highest BCUT2D eigenvalue weighted by Crippen LogP contribution is 2.24. The number of nitrogens with one attached hydrogen (secondary N) is 1. The Hall–Kier alpha value is -0.960. The molecule has 3 heteroatoms. The van der Waals surface area contributed by atoms with Gasteiger partial charge >= 0.3 is 0 Å². The van der Waals surface area contributed by atoms with Crippen LogP contribution >= 0.6 is 11.8 Å². The van der Waals surface area contributed by atoms with Gasteiger partial charge in [0.25, 0.3) is 0 Å². The zero-order chi connectivity index (χ0) is 13.0. The van der Waals surface area contributed by atoms with E-state index in [4.69, 9.17) is 0 Å². The molecule has 0 aliphatic heterocycles. The van der Waals surface area contributed by atoms with Gasteiger partial charge in [-0.1, -0.05) is 18.2 Å².